The Hall–Kier alpha value is -1.95. The van der Waals surface area contributed by atoms with Crippen molar-refractivity contribution >= 4 is 17.0 Å². The number of fused-ring (bicyclic) bond motifs is 1. The van der Waals surface area contributed by atoms with E-state index in [-0.39, 0.29) is 24.3 Å². The zero-order valence-corrected chi connectivity index (χ0v) is 11.8. The molecule has 112 valence electrons. The molecule has 2 aromatic rings. The molecular weight excluding hydrogens is 275 g/mol. The molecule has 2 atom stereocenters. The van der Waals surface area contributed by atoms with Gasteiger partial charge in [0.2, 0.25) is 0 Å². The summed E-state index contributed by atoms with van der Waals surface area (Å²) in [5, 5.41) is 9.60. The molecule has 1 N–H and O–H groups in total. The van der Waals surface area contributed by atoms with Gasteiger partial charge in [-0.15, -0.1) is 0 Å². The maximum absolute atomic E-state index is 13.2. The molecule has 0 spiro atoms. The van der Waals surface area contributed by atoms with Gasteiger partial charge in [0.25, 0.3) is 0 Å². The number of aryl methyl sites for hydroxylation is 2. The third-order valence-corrected chi connectivity index (χ3v) is 3.81. The van der Waals surface area contributed by atoms with E-state index < -0.39 is 6.10 Å². The Bertz CT molecular complexity index is 683. The normalized spacial score (nSPS) is 22.5. The van der Waals surface area contributed by atoms with Crippen molar-refractivity contribution in [1.82, 2.24) is 9.55 Å². The second-order valence-electron chi connectivity index (χ2n) is 5.44. The van der Waals surface area contributed by atoms with Crippen molar-refractivity contribution in [2.45, 2.75) is 44.9 Å². The number of cyclic esters (lactones) is 1. The highest BCUT2D eigenvalue weighted by molar-refractivity contribution is 5.76. The molecule has 1 aromatic carbocycles. The van der Waals surface area contributed by atoms with E-state index in [9.17, 15) is 14.3 Å². The van der Waals surface area contributed by atoms with Crippen LogP contribution in [0.2, 0.25) is 0 Å². The molecule has 6 heteroatoms. The number of carbonyl (C=O) groups excluding carboxylic acids is 1. The molecule has 0 unspecified atom stereocenters. The number of ether oxygens (including phenoxy) is 1. The van der Waals surface area contributed by atoms with E-state index in [1.165, 1.54) is 12.1 Å². The molecule has 1 saturated heterocycles. The summed E-state index contributed by atoms with van der Waals surface area (Å²) in [5.74, 6) is 0.128. The minimum absolute atomic E-state index is 0.0722. The van der Waals surface area contributed by atoms with E-state index in [1.807, 2.05) is 11.5 Å². The number of halogens is 1. The van der Waals surface area contributed by atoms with E-state index >= 15 is 0 Å². The molecule has 0 aliphatic carbocycles. The zero-order valence-electron chi connectivity index (χ0n) is 11.8. The molecule has 1 fully saturated rings. The number of aromatic nitrogens is 2. The van der Waals surface area contributed by atoms with E-state index in [4.69, 9.17) is 4.74 Å². The summed E-state index contributed by atoms with van der Waals surface area (Å²) in [7, 11) is 0. The van der Waals surface area contributed by atoms with Crippen LogP contribution in [0.5, 0.6) is 0 Å². The van der Waals surface area contributed by atoms with Crippen LogP contribution >= 0.6 is 0 Å². The summed E-state index contributed by atoms with van der Waals surface area (Å²) in [4.78, 5) is 15.7. The second kappa shape index (κ2) is 5.44. The Kier molecular flexibility index (Phi) is 3.63. The highest BCUT2D eigenvalue weighted by Crippen LogP contribution is 2.21. The van der Waals surface area contributed by atoms with Gasteiger partial charge in [-0.25, -0.2) is 9.37 Å². The maximum atomic E-state index is 13.2. The fourth-order valence-electron chi connectivity index (χ4n) is 2.82. The Morgan fingerprint density at radius 1 is 1.52 bits per heavy atom. The van der Waals surface area contributed by atoms with E-state index in [1.54, 1.807) is 6.07 Å². The third-order valence-electron chi connectivity index (χ3n) is 3.81. The average molecular weight is 292 g/mol. The summed E-state index contributed by atoms with van der Waals surface area (Å²) in [6.45, 7) is 2.47. The molecule has 0 radical (unpaired) electrons. The standard InChI is InChI=1S/C15H17FN2O3/c1-9-17-13-6-10(16)2-3-14(13)18(9)5-4-12-7-11(19)8-15(20)21-12/h2-3,6,11-12,19H,4-5,7-8H2,1H3/t11-,12-/m0/s1. The third kappa shape index (κ3) is 2.90. The van der Waals surface area contributed by atoms with Gasteiger partial charge in [-0.1, -0.05) is 0 Å². The number of carbonyl (C=O) groups is 1. The van der Waals surface area contributed by atoms with Gasteiger partial charge in [-0.3, -0.25) is 4.79 Å². The first-order chi connectivity index (χ1) is 10.0. The van der Waals surface area contributed by atoms with Gasteiger partial charge in [0.05, 0.1) is 23.6 Å². The molecule has 0 saturated carbocycles. The highest BCUT2D eigenvalue weighted by atomic mass is 19.1. The Morgan fingerprint density at radius 2 is 2.33 bits per heavy atom. The number of rotatable bonds is 3. The summed E-state index contributed by atoms with van der Waals surface area (Å²) in [5.41, 5.74) is 1.48. The molecule has 3 rings (SSSR count). The van der Waals surface area contributed by atoms with Crippen molar-refractivity contribution in [3.8, 4) is 0 Å². The summed E-state index contributed by atoms with van der Waals surface area (Å²) >= 11 is 0. The maximum Gasteiger partial charge on any atom is 0.308 e. The molecule has 0 amide bonds. The average Bonchev–Trinajstić information content (AvgIpc) is 2.70. The Labute approximate surface area is 121 Å². The number of imidazole rings is 1. The number of aliphatic hydroxyl groups is 1. The zero-order chi connectivity index (χ0) is 15.0. The monoisotopic (exact) mass is 292 g/mol. The number of benzene rings is 1. The fraction of sp³-hybridized carbons (Fsp3) is 0.467. The molecule has 5 nitrogen and oxygen atoms in total. The molecule has 2 heterocycles. The molecule has 21 heavy (non-hydrogen) atoms. The first-order valence-corrected chi connectivity index (χ1v) is 7.03. The number of nitrogens with zero attached hydrogens (tertiary/aromatic N) is 2. The van der Waals surface area contributed by atoms with Crippen LogP contribution in [0.15, 0.2) is 18.2 Å². The van der Waals surface area contributed by atoms with Crippen molar-refractivity contribution in [2.75, 3.05) is 0 Å². The van der Waals surface area contributed by atoms with Crippen molar-refractivity contribution < 1.29 is 19.0 Å². The molecular formula is C15H17FN2O3. The molecule has 1 aromatic heterocycles. The lowest BCUT2D eigenvalue weighted by atomic mass is 10.0. The number of aliphatic hydroxyl groups excluding tert-OH is 1. The quantitative estimate of drug-likeness (QED) is 0.878. The largest absolute Gasteiger partial charge is 0.462 e. The molecule has 0 bridgehead atoms. The van der Waals surface area contributed by atoms with Gasteiger partial charge in [0, 0.05) is 25.5 Å². The smallest absolute Gasteiger partial charge is 0.308 e. The molecule has 1 aliphatic rings. The lowest BCUT2D eigenvalue weighted by Crippen LogP contribution is -2.33. The predicted molar refractivity (Wildman–Crippen MR) is 74.2 cm³/mol. The molecule has 1 aliphatic heterocycles. The van der Waals surface area contributed by atoms with E-state index in [0.29, 0.717) is 24.9 Å². The fourth-order valence-corrected chi connectivity index (χ4v) is 2.82. The minimum Gasteiger partial charge on any atom is -0.462 e. The summed E-state index contributed by atoms with van der Waals surface area (Å²) in [6.07, 6.45) is 0.242. The first-order valence-electron chi connectivity index (χ1n) is 7.03. The van der Waals surface area contributed by atoms with Crippen molar-refractivity contribution in [1.29, 1.82) is 0 Å². The van der Waals surface area contributed by atoms with Gasteiger partial charge in [0.15, 0.2) is 0 Å². The summed E-state index contributed by atoms with van der Waals surface area (Å²) < 4.78 is 20.4. The van der Waals surface area contributed by atoms with Gasteiger partial charge >= 0.3 is 5.97 Å². The highest BCUT2D eigenvalue weighted by Gasteiger charge is 2.27. The van der Waals surface area contributed by atoms with Gasteiger partial charge < -0.3 is 14.4 Å². The second-order valence-corrected chi connectivity index (χ2v) is 5.44. The van der Waals surface area contributed by atoms with Crippen molar-refractivity contribution in [3.63, 3.8) is 0 Å². The number of hydrogen-bond acceptors (Lipinski definition) is 4. The lowest BCUT2D eigenvalue weighted by Gasteiger charge is -2.26. The Balaban J connectivity index is 1.76. The van der Waals surface area contributed by atoms with Crippen LogP contribution in [0.25, 0.3) is 11.0 Å². The number of hydrogen-bond donors (Lipinski definition) is 1. The van der Waals surface area contributed by atoms with Crippen LogP contribution in [0.3, 0.4) is 0 Å². The van der Waals surface area contributed by atoms with Crippen molar-refractivity contribution in [3.05, 3.63) is 29.8 Å². The topological polar surface area (TPSA) is 64.3 Å². The van der Waals surface area contributed by atoms with E-state index in [2.05, 4.69) is 4.98 Å². The Morgan fingerprint density at radius 3 is 3.10 bits per heavy atom. The van der Waals surface area contributed by atoms with Gasteiger partial charge in [-0.05, 0) is 19.1 Å². The van der Waals surface area contributed by atoms with E-state index in [0.717, 1.165) is 11.3 Å². The van der Waals surface area contributed by atoms with Gasteiger partial charge in [0.1, 0.15) is 17.7 Å². The van der Waals surface area contributed by atoms with Gasteiger partial charge in [-0.2, -0.15) is 0 Å². The lowest BCUT2D eigenvalue weighted by molar-refractivity contribution is -0.160. The number of esters is 1. The van der Waals surface area contributed by atoms with Crippen LogP contribution in [-0.4, -0.2) is 32.8 Å². The minimum atomic E-state index is -0.619. The predicted octanol–water partition coefficient (Wildman–Crippen LogP) is 1.94. The van der Waals surface area contributed by atoms with Crippen LogP contribution in [0.1, 0.15) is 25.1 Å². The van der Waals surface area contributed by atoms with Crippen molar-refractivity contribution in [2.24, 2.45) is 0 Å². The van der Waals surface area contributed by atoms with Crippen LogP contribution in [0.4, 0.5) is 4.39 Å². The first kappa shape index (κ1) is 14.0. The van der Waals surface area contributed by atoms with Crippen LogP contribution < -0.4 is 0 Å². The van der Waals surface area contributed by atoms with Crippen LogP contribution in [-0.2, 0) is 16.1 Å². The van der Waals surface area contributed by atoms with Crippen LogP contribution in [0, 0.1) is 12.7 Å². The SMILES string of the molecule is Cc1nc2cc(F)ccc2n1CC[C@H]1C[C@H](O)CC(=O)O1. The summed E-state index contributed by atoms with van der Waals surface area (Å²) in [6, 6.07) is 4.51.